The zero-order valence-electron chi connectivity index (χ0n) is 7.93. The smallest absolute Gasteiger partial charge is 0.0912 e. The summed E-state index contributed by atoms with van der Waals surface area (Å²) in [5.41, 5.74) is 1.04. The third kappa shape index (κ3) is 2.12. The Morgan fingerprint density at radius 2 is 1.47 bits per heavy atom. The molecule has 15 heavy (non-hydrogen) atoms. The maximum absolute atomic E-state index is 11.9. The number of rotatable bonds is 2. The van der Waals surface area contributed by atoms with Crippen LogP contribution in [0.4, 0.5) is 11.4 Å². The lowest BCUT2D eigenvalue weighted by atomic mass is 10.2. The fraction of sp³-hybridized carbons (Fsp3) is 0. The summed E-state index contributed by atoms with van der Waals surface area (Å²) in [5.74, 6) is 0. The molecule has 0 atom stereocenters. The monoisotopic (exact) mass is 218 g/mol. The highest BCUT2D eigenvalue weighted by Crippen LogP contribution is 2.29. The molecule has 0 saturated carbocycles. The van der Waals surface area contributed by atoms with Gasteiger partial charge in [-0.05, 0) is 24.3 Å². The summed E-state index contributed by atoms with van der Waals surface area (Å²) in [6.45, 7) is 0. The lowest BCUT2D eigenvalue weighted by Crippen LogP contribution is -2.08. The van der Waals surface area contributed by atoms with Gasteiger partial charge in [0.2, 0.25) is 0 Å². The maximum Gasteiger partial charge on any atom is 0.0912 e. The van der Waals surface area contributed by atoms with Crippen LogP contribution in [0.5, 0.6) is 0 Å². The molecule has 0 aromatic heterocycles. The van der Waals surface area contributed by atoms with Crippen LogP contribution in [0.1, 0.15) is 0 Å². The van der Waals surface area contributed by atoms with Crippen molar-refractivity contribution in [1.29, 1.82) is 0 Å². The fourth-order valence-electron chi connectivity index (χ4n) is 1.32. The van der Waals surface area contributed by atoms with Crippen LogP contribution in [0.3, 0.4) is 0 Å². The van der Waals surface area contributed by atoms with Crippen molar-refractivity contribution < 1.29 is 5.21 Å². The van der Waals surface area contributed by atoms with E-state index in [0.29, 0.717) is 16.4 Å². The van der Waals surface area contributed by atoms with E-state index in [0.717, 1.165) is 5.06 Å². The Hall–Kier alpha value is -1.51. The predicted octanol–water partition coefficient (Wildman–Crippen LogP) is 3.82. The lowest BCUT2D eigenvalue weighted by molar-refractivity contribution is 0.196. The van der Waals surface area contributed by atoms with Gasteiger partial charge in [-0.2, -0.15) is 5.06 Å². The van der Waals surface area contributed by atoms with Gasteiger partial charge in [-0.15, -0.1) is 0 Å². The standard InChI is InChI=1S/C12H9ClNO/c13-11-8-4-5-9-12(11)14(15)10-6-2-1-3-7-10/h1-9H. The highest BCUT2D eigenvalue weighted by Gasteiger charge is 2.09. The summed E-state index contributed by atoms with van der Waals surface area (Å²) in [7, 11) is 0. The number of nitrogens with zero attached hydrogens (tertiary/aromatic N) is 1. The van der Waals surface area contributed by atoms with E-state index in [2.05, 4.69) is 0 Å². The summed E-state index contributed by atoms with van der Waals surface area (Å²) in [6.07, 6.45) is 0. The average molecular weight is 219 g/mol. The highest BCUT2D eigenvalue weighted by molar-refractivity contribution is 6.33. The third-order valence-corrected chi connectivity index (χ3v) is 2.38. The van der Waals surface area contributed by atoms with Gasteiger partial charge in [0, 0.05) is 0 Å². The molecule has 75 valence electrons. The molecule has 0 unspecified atom stereocenters. The highest BCUT2D eigenvalue weighted by atomic mass is 35.5. The minimum Gasteiger partial charge on any atom is -0.187 e. The third-order valence-electron chi connectivity index (χ3n) is 2.06. The molecule has 0 N–H and O–H groups in total. The Morgan fingerprint density at radius 1 is 0.867 bits per heavy atom. The van der Waals surface area contributed by atoms with Crippen molar-refractivity contribution in [2.75, 3.05) is 5.06 Å². The first-order valence-corrected chi connectivity index (χ1v) is 4.93. The second-order valence-electron chi connectivity index (χ2n) is 3.08. The van der Waals surface area contributed by atoms with Crippen LogP contribution in [0, 0.1) is 0 Å². The molecule has 3 heteroatoms. The van der Waals surface area contributed by atoms with Crippen LogP contribution in [0.2, 0.25) is 5.02 Å². The zero-order valence-corrected chi connectivity index (χ0v) is 8.69. The van der Waals surface area contributed by atoms with Crippen LogP contribution in [-0.4, -0.2) is 0 Å². The average Bonchev–Trinajstić information content (AvgIpc) is 2.30. The van der Waals surface area contributed by atoms with Crippen molar-refractivity contribution in [3.05, 3.63) is 59.6 Å². The van der Waals surface area contributed by atoms with Gasteiger partial charge in [-0.25, -0.2) is 0 Å². The molecule has 0 bridgehead atoms. The molecule has 0 heterocycles. The van der Waals surface area contributed by atoms with Gasteiger partial charge >= 0.3 is 0 Å². The number of hydrogen-bond acceptors (Lipinski definition) is 1. The number of para-hydroxylation sites is 2. The van der Waals surface area contributed by atoms with Gasteiger partial charge in [0.25, 0.3) is 0 Å². The number of hydrogen-bond donors (Lipinski definition) is 0. The molecule has 0 spiro atoms. The molecular formula is C12H9ClNO. The minimum atomic E-state index is 0.455. The van der Waals surface area contributed by atoms with Gasteiger partial charge in [-0.1, -0.05) is 47.1 Å². The van der Waals surface area contributed by atoms with Crippen LogP contribution in [0.15, 0.2) is 54.6 Å². The van der Waals surface area contributed by atoms with Gasteiger partial charge in [0.1, 0.15) is 0 Å². The summed E-state index contributed by atoms with van der Waals surface area (Å²) >= 11 is 5.93. The van der Waals surface area contributed by atoms with Crippen molar-refractivity contribution in [3.63, 3.8) is 0 Å². The van der Waals surface area contributed by atoms with Gasteiger partial charge in [-0.3, -0.25) is 0 Å². The molecule has 0 aliphatic rings. The Kier molecular flexibility index (Phi) is 2.90. The molecule has 1 radical (unpaired) electrons. The first-order valence-electron chi connectivity index (χ1n) is 4.56. The Morgan fingerprint density at radius 3 is 2.13 bits per heavy atom. The summed E-state index contributed by atoms with van der Waals surface area (Å²) in [4.78, 5) is 0. The summed E-state index contributed by atoms with van der Waals surface area (Å²) in [5, 5.41) is 13.2. The van der Waals surface area contributed by atoms with Crippen molar-refractivity contribution >= 4 is 23.0 Å². The van der Waals surface area contributed by atoms with E-state index in [1.165, 1.54) is 0 Å². The molecule has 0 aliphatic carbocycles. The van der Waals surface area contributed by atoms with Crippen LogP contribution in [-0.2, 0) is 5.21 Å². The quantitative estimate of drug-likeness (QED) is 0.703. The number of benzene rings is 2. The van der Waals surface area contributed by atoms with E-state index in [-0.39, 0.29) is 0 Å². The molecular weight excluding hydrogens is 210 g/mol. The van der Waals surface area contributed by atoms with E-state index in [4.69, 9.17) is 11.6 Å². The van der Waals surface area contributed by atoms with Crippen molar-refractivity contribution in [1.82, 2.24) is 0 Å². The Balaban J connectivity index is 2.37. The SMILES string of the molecule is [O]N(c1ccccc1)c1ccccc1Cl. The van der Waals surface area contributed by atoms with E-state index in [1.54, 1.807) is 36.4 Å². The molecule has 2 rings (SSSR count). The summed E-state index contributed by atoms with van der Waals surface area (Å²) < 4.78 is 0. The summed E-state index contributed by atoms with van der Waals surface area (Å²) in [6, 6.07) is 16.0. The first kappa shape index (κ1) is 10.0. The van der Waals surface area contributed by atoms with Crippen molar-refractivity contribution in [3.8, 4) is 0 Å². The van der Waals surface area contributed by atoms with Crippen molar-refractivity contribution in [2.45, 2.75) is 0 Å². The van der Waals surface area contributed by atoms with Gasteiger partial charge in [0.15, 0.2) is 0 Å². The Bertz CT molecular complexity index is 444. The van der Waals surface area contributed by atoms with Crippen LogP contribution >= 0.6 is 11.6 Å². The number of anilines is 2. The predicted molar refractivity (Wildman–Crippen MR) is 60.7 cm³/mol. The van der Waals surface area contributed by atoms with Crippen LogP contribution < -0.4 is 5.06 Å². The van der Waals surface area contributed by atoms with Gasteiger partial charge < -0.3 is 0 Å². The molecule has 0 saturated heterocycles. The molecule has 0 fully saturated rings. The normalized spacial score (nSPS) is 10.0. The van der Waals surface area contributed by atoms with E-state index in [1.807, 2.05) is 18.2 Å². The van der Waals surface area contributed by atoms with E-state index < -0.39 is 0 Å². The second kappa shape index (κ2) is 4.34. The van der Waals surface area contributed by atoms with Crippen molar-refractivity contribution in [2.24, 2.45) is 0 Å². The largest absolute Gasteiger partial charge is 0.187 e. The number of halogens is 1. The minimum absolute atomic E-state index is 0.455. The fourth-order valence-corrected chi connectivity index (χ4v) is 1.53. The molecule has 0 aliphatic heterocycles. The van der Waals surface area contributed by atoms with E-state index in [9.17, 15) is 5.21 Å². The lowest BCUT2D eigenvalue weighted by Gasteiger charge is -2.14. The van der Waals surface area contributed by atoms with Crippen LogP contribution in [0.25, 0.3) is 0 Å². The zero-order chi connectivity index (χ0) is 10.7. The topological polar surface area (TPSA) is 23.1 Å². The molecule has 2 aromatic rings. The van der Waals surface area contributed by atoms with Gasteiger partial charge in [0.05, 0.1) is 16.4 Å². The first-order chi connectivity index (χ1) is 7.29. The second-order valence-corrected chi connectivity index (χ2v) is 3.49. The maximum atomic E-state index is 11.9. The molecule has 2 aromatic carbocycles. The Labute approximate surface area is 93.3 Å². The van der Waals surface area contributed by atoms with E-state index >= 15 is 0 Å². The molecule has 0 amide bonds. The molecule has 2 nitrogen and oxygen atoms in total.